The summed E-state index contributed by atoms with van der Waals surface area (Å²) in [5.41, 5.74) is 0.992. The van der Waals surface area contributed by atoms with Crippen molar-refractivity contribution in [3.05, 3.63) is 0 Å². The van der Waals surface area contributed by atoms with E-state index >= 15 is 0 Å². The molecule has 0 aromatic carbocycles. The van der Waals surface area contributed by atoms with Gasteiger partial charge in [0.05, 0.1) is 0 Å². The minimum Gasteiger partial charge on any atom is -0.308 e. The predicted octanol–water partition coefficient (Wildman–Crippen LogP) is 3.95. The van der Waals surface area contributed by atoms with Crippen molar-refractivity contribution in [2.45, 2.75) is 89.1 Å². The summed E-state index contributed by atoms with van der Waals surface area (Å²) in [4.78, 5) is 2.95. The zero-order valence-corrected chi connectivity index (χ0v) is 13.7. The third-order valence-electron chi connectivity index (χ3n) is 6.53. The Morgan fingerprint density at radius 2 is 1.65 bits per heavy atom. The molecule has 0 bridgehead atoms. The van der Waals surface area contributed by atoms with Gasteiger partial charge in [0.15, 0.2) is 0 Å². The molecule has 0 radical (unpaired) electrons. The highest BCUT2D eigenvalue weighted by Crippen LogP contribution is 2.41. The van der Waals surface area contributed by atoms with E-state index in [4.69, 9.17) is 0 Å². The molecule has 116 valence electrons. The molecule has 2 nitrogen and oxygen atoms in total. The van der Waals surface area contributed by atoms with Gasteiger partial charge in [-0.05, 0) is 31.6 Å². The highest BCUT2D eigenvalue weighted by Gasteiger charge is 2.48. The van der Waals surface area contributed by atoms with Crippen LogP contribution in [-0.2, 0) is 0 Å². The van der Waals surface area contributed by atoms with Crippen molar-refractivity contribution in [3.63, 3.8) is 0 Å². The fourth-order valence-electron chi connectivity index (χ4n) is 4.91. The molecule has 2 spiro atoms. The summed E-state index contributed by atoms with van der Waals surface area (Å²) >= 11 is 0. The summed E-state index contributed by atoms with van der Waals surface area (Å²) in [6, 6.07) is 0. The lowest BCUT2D eigenvalue weighted by molar-refractivity contribution is -0.0260. The molecule has 1 atom stereocenters. The number of piperazine rings is 1. The first kappa shape index (κ1) is 14.8. The van der Waals surface area contributed by atoms with E-state index in [1.54, 1.807) is 0 Å². The molecule has 2 saturated carbocycles. The largest absolute Gasteiger partial charge is 0.308 e. The van der Waals surface area contributed by atoms with E-state index in [-0.39, 0.29) is 0 Å². The van der Waals surface area contributed by atoms with Crippen LogP contribution in [-0.4, -0.2) is 35.6 Å². The van der Waals surface area contributed by atoms with Gasteiger partial charge < -0.3 is 5.32 Å². The van der Waals surface area contributed by atoms with Gasteiger partial charge in [-0.25, -0.2) is 0 Å². The number of hydrogen-bond donors (Lipinski definition) is 1. The monoisotopic (exact) mass is 278 g/mol. The summed E-state index contributed by atoms with van der Waals surface area (Å²) in [5, 5.41) is 4.03. The minimum atomic E-state index is 0.482. The lowest BCUT2D eigenvalue weighted by atomic mass is 9.75. The van der Waals surface area contributed by atoms with Gasteiger partial charge >= 0.3 is 0 Å². The van der Waals surface area contributed by atoms with Gasteiger partial charge in [0, 0.05) is 30.7 Å². The second-order valence-corrected chi connectivity index (χ2v) is 8.02. The molecule has 2 heteroatoms. The first-order chi connectivity index (χ1) is 9.68. The van der Waals surface area contributed by atoms with Gasteiger partial charge in [0.25, 0.3) is 0 Å². The summed E-state index contributed by atoms with van der Waals surface area (Å²) in [7, 11) is 0. The van der Waals surface area contributed by atoms with Crippen molar-refractivity contribution in [2.75, 3.05) is 19.6 Å². The summed E-state index contributed by atoms with van der Waals surface area (Å²) in [5.74, 6) is 0.852. The van der Waals surface area contributed by atoms with Crippen LogP contribution >= 0.6 is 0 Å². The second kappa shape index (κ2) is 5.96. The van der Waals surface area contributed by atoms with E-state index < -0.39 is 0 Å². The van der Waals surface area contributed by atoms with Crippen molar-refractivity contribution in [1.29, 1.82) is 0 Å². The molecular formula is C18H34N2. The number of nitrogens with zero attached hydrogens (tertiary/aromatic N) is 1. The number of rotatable bonds is 3. The molecule has 1 N–H and O–H groups in total. The molecule has 3 rings (SSSR count). The average molecular weight is 278 g/mol. The molecule has 3 aliphatic rings. The van der Waals surface area contributed by atoms with Crippen LogP contribution in [0.15, 0.2) is 0 Å². The van der Waals surface area contributed by atoms with Crippen LogP contribution < -0.4 is 5.32 Å². The van der Waals surface area contributed by atoms with Gasteiger partial charge in [-0.3, -0.25) is 4.90 Å². The Morgan fingerprint density at radius 3 is 2.30 bits per heavy atom. The van der Waals surface area contributed by atoms with E-state index in [1.807, 2.05) is 0 Å². The first-order valence-electron chi connectivity index (χ1n) is 9.18. The lowest BCUT2D eigenvalue weighted by Gasteiger charge is -2.56. The van der Waals surface area contributed by atoms with Crippen LogP contribution in [0.25, 0.3) is 0 Å². The van der Waals surface area contributed by atoms with Gasteiger partial charge in [-0.2, -0.15) is 0 Å². The highest BCUT2D eigenvalue weighted by molar-refractivity contribution is 5.08. The molecule has 0 aromatic heterocycles. The van der Waals surface area contributed by atoms with Crippen molar-refractivity contribution < 1.29 is 0 Å². The van der Waals surface area contributed by atoms with Crippen molar-refractivity contribution in [3.8, 4) is 0 Å². The van der Waals surface area contributed by atoms with Crippen LogP contribution in [0.3, 0.4) is 0 Å². The molecule has 0 amide bonds. The number of nitrogens with one attached hydrogen (secondary N) is 1. The summed E-state index contributed by atoms with van der Waals surface area (Å²) in [6.45, 7) is 8.73. The number of hydrogen-bond acceptors (Lipinski definition) is 2. The molecule has 1 saturated heterocycles. The minimum absolute atomic E-state index is 0.482. The Balaban J connectivity index is 1.75. The van der Waals surface area contributed by atoms with E-state index in [2.05, 4.69) is 24.1 Å². The first-order valence-corrected chi connectivity index (χ1v) is 9.18. The van der Waals surface area contributed by atoms with Crippen molar-refractivity contribution >= 4 is 0 Å². The fraction of sp³-hybridized carbons (Fsp3) is 1.00. The molecule has 3 fully saturated rings. The SMILES string of the molecule is CCC(C)CN1CC2(CCCC2)NCC12CCCCC2. The third kappa shape index (κ3) is 2.78. The zero-order chi connectivity index (χ0) is 14.1. The Labute approximate surface area is 125 Å². The van der Waals surface area contributed by atoms with Gasteiger partial charge in [0.2, 0.25) is 0 Å². The Bertz CT molecular complexity index is 313. The van der Waals surface area contributed by atoms with Crippen LogP contribution in [0, 0.1) is 5.92 Å². The van der Waals surface area contributed by atoms with E-state index in [0.717, 1.165) is 5.92 Å². The van der Waals surface area contributed by atoms with Gasteiger partial charge in [-0.15, -0.1) is 0 Å². The standard InChI is InChI=1S/C18H34N2/c1-3-16(2)13-20-15-17(9-7-8-10-17)19-14-18(20)11-5-4-6-12-18/h16,19H,3-15H2,1-2H3. The second-order valence-electron chi connectivity index (χ2n) is 8.02. The Kier molecular flexibility index (Phi) is 4.42. The highest BCUT2D eigenvalue weighted by atomic mass is 15.3. The predicted molar refractivity (Wildman–Crippen MR) is 86.0 cm³/mol. The maximum absolute atomic E-state index is 4.03. The fourth-order valence-corrected chi connectivity index (χ4v) is 4.91. The van der Waals surface area contributed by atoms with Gasteiger partial charge in [-0.1, -0.05) is 52.4 Å². The molecule has 2 aliphatic carbocycles. The van der Waals surface area contributed by atoms with Gasteiger partial charge in [0.1, 0.15) is 0 Å². The molecule has 20 heavy (non-hydrogen) atoms. The maximum atomic E-state index is 4.03. The van der Waals surface area contributed by atoms with Crippen LogP contribution in [0.4, 0.5) is 0 Å². The summed E-state index contributed by atoms with van der Waals surface area (Å²) < 4.78 is 0. The van der Waals surface area contributed by atoms with E-state index in [1.165, 1.54) is 83.8 Å². The van der Waals surface area contributed by atoms with Crippen molar-refractivity contribution in [2.24, 2.45) is 5.92 Å². The van der Waals surface area contributed by atoms with Crippen LogP contribution in [0.2, 0.25) is 0 Å². The average Bonchev–Trinajstić information content (AvgIpc) is 2.93. The normalized spacial score (nSPS) is 30.9. The van der Waals surface area contributed by atoms with E-state index in [9.17, 15) is 0 Å². The van der Waals surface area contributed by atoms with E-state index in [0.29, 0.717) is 11.1 Å². The maximum Gasteiger partial charge on any atom is 0.0335 e. The Morgan fingerprint density at radius 1 is 1.00 bits per heavy atom. The third-order valence-corrected chi connectivity index (χ3v) is 6.53. The zero-order valence-electron chi connectivity index (χ0n) is 13.7. The molecule has 1 unspecified atom stereocenters. The molecular weight excluding hydrogens is 244 g/mol. The quantitative estimate of drug-likeness (QED) is 0.841. The smallest absolute Gasteiger partial charge is 0.0335 e. The Hall–Kier alpha value is -0.0800. The van der Waals surface area contributed by atoms with Crippen LogP contribution in [0.1, 0.15) is 78.1 Å². The molecule has 0 aromatic rings. The summed E-state index contributed by atoms with van der Waals surface area (Å²) in [6.07, 6.45) is 14.3. The van der Waals surface area contributed by atoms with Crippen molar-refractivity contribution in [1.82, 2.24) is 10.2 Å². The topological polar surface area (TPSA) is 15.3 Å². The lowest BCUT2D eigenvalue weighted by Crippen LogP contribution is -2.70. The molecule has 1 heterocycles. The molecule has 1 aliphatic heterocycles. The van der Waals surface area contributed by atoms with Crippen LogP contribution in [0.5, 0.6) is 0 Å².